The molecule has 1 aliphatic rings. The van der Waals surface area contributed by atoms with E-state index in [9.17, 15) is 28.8 Å². The van der Waals surface area contributed by atoms with Gasteiger partial charge in [0.25, 0.3) is 0 Å². The summed E-state index contributed by atoms with van der Waals surface area (Å²) >= 11 is 0. The molecule has 0 unspecified atom stereocenters. The van der Waals surface area contributed by atoms with E-state index >= 15 is 9.59 Å². The minimum Gasteiger partial charge on any atom is -0.368 e. The Labute approximate surface area is 512 Å². The Hall–Kier alpha value is -8.77. The molecule has 0 saturated carbocycles. The highest BCUT2D eigenvalue weighted by Gasteiger charge is 2.39. The van der Waals surface area contributed by atoms with Gasteiger partial charge in [-0.05, 0) is 65.6 Å². The second kappa shape index (κ2) is 31.6. The van der Waals surface area contributed by atoms with Crippen LogP contribution in [0.3, 0.4) is 0 Å². The smallest absolute Gasteiger partial charge is 0.244 e. The lowest BCUT2D eigenvalue weighted by Crippen LogP contribution is -2.62. The number of carbonyl (C=O) groups is 8. The van der Waals surface area contributed by atoms with Gasteiger partial charge in [-0.2, -0.15) is 0 Å². The fourth-order valence-electron chi connectivity index (χ4n) is 10.6. The number of nitrogens with one attached hydrogen (secondary N) is 9. The lowest BCUT2D eigenvalue weighted by molar-refractivity contribution is -0.136. The van der Waals surface area contributed by atoms with Crippen LogP contribution in [-0.2, 0) is 51.2 Å². The zero-order valence-corrected chi connectivity index (χ0v) is 50.0. The van der Waals surface area contributed by atoms with Crippen LogP contribution in [0, 0.1) is 5.92 Å². The number of primary amides is 1. The number of aromatic nitrogens is 3. The normalized spacial score (nSPS) is 20.1. The third-order valence-corrected chi connectivity index (χ3v) is 17.6. The Kier molecular flexibility index (Phi) is 23.3. The van der Waals surface area contributed by atoms with Gasteiger partial charge in [-0.1, -0.05) is 175 Å². The Balaban J connectivity index is 1.18. The number of H-pyrrole nitrogens is 2. The van der Waals surface area contributed by atoms with Crippen molar-refractivity contribution in [1.82, 2.24) is 52.2 Å². The minimum atomic E-state index is -1.42. The number of nitrogens with two attached hydrogens (primary N) is 3. The zero-order chi connectivity index (χ0) is 61.8. The molecule has 1 saturated heterocycles. The molecule has 7 aromatic rings. The second-order valence-electron chi connectivity index (χ2n) is 21.7. The molecule has 0 aliphatic carbocycles. The van der Waals surface area contributed by atoms with E-state index in [0.29, 0.717) is 35.2 Å². The van der Waals surface area contributed by atoms with Crippen LogP contribution in [0.1, 0.15) is 78.5 Å². The largest absolute Gasteiger partial charge is 0.368 e. The van der Waals surface area contributed by atoms with Gasteiger partial charge >= 0.3 is 0 Å². The first kappa shape index (κ1) is 64.2. The summed E-state index contributed by atoms with van der Waals surface area (Å²) < 4.78 is 0. The van der Waals surface area contributed by atoms with E-state index in [1.165, 1.54) is 12.5 Å². The minimum absolute atomic E-state index is 0.0770. The number of benzene rings is 5. The molecule has 1 fully saturated rings. The van der Waals surface area contributed by atoms with Crippen molar-refractivity contribution in [1.29, 1.82) is 0 Å². The number of amides is 8. The number of fused-ring (bicyclic) bond motifs is 1. The van der Waals surface area contributed by atoms with Gasteiger partial charge in [0.2, 0.25) is 47.3 Å². The van der Waals surface area contributed by atoms with Crippen molar-refractivity contribution in [2.45, 2.75) is 106 Å². The summed E-state index contributed by atoms with van der Waals surface area (Å²) in [7, 11) is 2.14. The molecule has 15 N–H and O–H groups in total. The van der Waals surface area contributed by atoms with Crippen LogP contribution in [0.2, 0.25) is 0 Å². The van der Waals surface area contributed by atoms with Gasteiger partial charge in [0.1, 0.15) is 42.3 Å². The Morgan fingerprint density at radius 2 is 1.14 bits per heavy atom. The molecular weight excluding hydrogens is 1140 g/mol. The molecule has 3 heterocycles. The third kappa shape index (κ3) is 17.5. The van der Waals surface area contributed by atoms with Gasteiger partial charge in [0.15, 0.2) is 0 Å². The Morgan fingerprint density at radius 1 is 0.609 bits per heavy atom. The molecule has 0 bridgehead atoms. The average Bonchev–Trinajstić information content (AvgIpc) is 3.56. The third-order valence-electron chi connectivity index (χ3n) is 15.2. The molecule has 456 valence electrons. The van der Waals surface area contributed by atoms with Crippen LogP contribution in [0.4, 0.5) is 0 Å². The Bertz CT molecular complexity index is 3340. The number of hydrogen-bond acceptors (Lipinski definition) is 13. The van der Waals surface area contributed by atoms with Gasteiger partial charge in [-0.25, -0.2) is 4.98 Å². The zero-order valence-electron chi connectivity index (χ0n) is 48.4. The molecule has 8 atom stereocenters. The molecule has 5 aromatic carbocycles. The maximum absolute atomic E-state index is 15.1. The highest BCUT2D eigenvalue weighted by Crippen LogP contribution is 2.31. The second-order valence-corrected chi connectivity index (χ2v) is 24.3. The van der Waals surface area contributed by atoms with Crippen LogP contribution in [0.5, 0.6) is 0 Å². The van der Waals surface area contributed by atoms with Gasteiger partial charge in [-0.15, -0.1) is 0 Å². The van der Waals surface area contributed by atoms with E-state index < -0.39 is 113 Å². The molecule has 23 heteroatoms. The van der Waals surface area contributed by atoms with Crippen LogP contribution >= 0.6 is 21.6 Å². The lowest BCUT2D eigenvalue weighted by atomic mass is 9.84. The van der Waals surface area contributed by atoms with Gasteiger partial charge in [0, 0.05) is 65.2 Å². The number of aromatic amines is 2. The molecule has 87 heavy (non-hydrogen) atoms. The van der Waals surface area contributed by atoms with Crippen molar-refractivity contribution in [3.63, 3.8) is 0 Å². The SMILES string of the molecule is CC(C)[C@@H]1NC(=O)[C@H](CCCCN)NC(=O)[C@@H](Cc2c[nH]c3ccccc23)NC(=O)[C@H](Cc2cnc[nH]2)NC(=O)[C@H](NC(=O)[C@@H](N)C(c2ccccc2)c2ccccc2)CSSC[C@@H](C(=O)N[C@H](C(N)=O)C(c2ccccc2)c2ccccc2)NC1=O. The van der Waals surface area contributed by atoms with Crippen molar-refractivity contribution in [2.75, 3.05) is 18.1 Å². The highest BCUT2D eigenvalue weighted by atomic mass is 33.1. The van der Waals surface area contributed by atoms with Crippen molar-refractivity contribution in [2.24, 2.45) is 23.1 Å². The number of unbranched alkanes of at least 4 members (excludes halogenated alkanes) is 1. The van der Waals surface area contributed by atoms with Crippen molar-refractivity contribution in [3.8, 4) is 0 Å². The number of nitrogens with zero attached hydrogens (tertiary/aromatic N) is 1. The van der Waals surface area contributed by atoms with E-state index in [1.807, 2.05) is 121 Å². The summed E-state index contributed by atoms with van der Waals surface area (Å²) in [6, 6.07) is 33.2. The van der Waals surface area contributed by atoms with E-state index in [2.05, 4.69) is 52.2 Å². The predicted molar refractivity (Wildman–Crippen MR) is 337 cm³/mol. The standard InChI is InChI=1S/C64H75N13O8S2/c1-38(2)55-64(85)75-51(62(83)77-56(57(67)78)53(41-23-11-5-12-24-41)42-25-13-6-14-26-42)36-87-86-35-50(74-63(84)54(66)52(39-19-7-3-8-20-39)40-21-9-4-10-22-40)61(82)73-49(32-44-34-68-37-70-44)60(81)72-48(31-43-33-69-46-28-16-15-27-45(43)46)59(80)71-47(58(79)76-55)29-17-18-30-65/h3-16,19-28,33-34,37-38,47-56,69H,17-18,29-32,35-36,65-66H2,1-2H3,(H2,67,78)(H,68,70)(H,71,80)(H,72,81)(H,73,82)(H,74,84)(H,75,85)(H,76,79)(H,77,83)/t47-,48+,49-,50+,51-,54-,55-,56-/m0/s1. The first-order chi connectivity index (χ1) is 42.1. The molecule has 8 rings (SSSR count). The van der Waals surface area contributed by atoms with Crippen LogP contribution in [0.15, 0.2) is 164 Å². The van der Waals surface area contributed by atoms with E-state index in [4.69, 9.17) is 17.2 Å². The quantitative estimate of drug-likeness (QED) is 0.0383. The molecule has 2 aromatic heterocycles. The summed E-state index contributed by atoms with van der Waals surface area (Å²) in [5.41, 5.74) is 23.7. The molecule has 0 spiro atoms. The Morgan fingerprint density at radius 3 is 1.70 bits per heavy atom. The lowest BCUT2D eigenvalue weighted by Gasteiger charge is -2.31. The molecule has 8 amide bonds. The predicted octanol–water partition coefficient (Wildman–Crippen LogP) is 3.73. The van der Waals surface area contributed by atoms with Crippen LogP contribution in [0.25, 0.3) is 10.9 Å². The number of para-hydroxylation sites is 1. The van der Waals surface area contributed by atoms with Crippen LogP contribution < -0.4 is 54.4 Å². The number of imidazole rings is 1. The molecule has 1 aliphatic heterocycles. The van der Waals surface area contributed by atoms with Gasteiger partial charge < -0.3 is 64.4 Å². The molecule has 0 radical (unpaired) electrons. The number of hydrogen-bond donors (Lipinski definition) is 12. The molecule has 21 nitrogen and oxygen atoms in total. The number of rotatable bonds is 20. The topological polar surface area (TPSA) is 343 Å². The van der Waals surface area contributed by atoms with E-state index in [0.717, 1.165) is 43.6 Å². The average molecular weight is 1220 g/mol. The summed E-state index contributed by atoms with van der Waals surface area (Å²) in [6.45, 7) is 3.70. The first-order valence-electron chi connectivity index (χ1n) is 28.9. The molecular formula is C64H75N13O8S2. The maximum atomic E-state index is 15.1. The van der Waals surface area contributed by atoms with Crippen LogP contribution in [-0.4, -0.2) is 129 Å². The summed E-state index contributed by atoms with van der Waals surface area (Å²) in [6.07, 6.45) is 5.35. The summed E-state index contributed by atoms with van der Waals surface area (Å²) in [5, 5.41) is 20.8. The van der Waals surface area contributed by atoms with Gasteiger partial charge in [0.05, 0.1) is 12.4 Å². The van der Waals surface area contributed by atoms with E-state index in [-0.39, 0.29) is 37.3 Å². The fraction of sp³-hybridized carbons (Fsp3) is 0.328. The first-order valence-corrected chi connectivity index (χ1v) is 31.4. The highest BCUT2D eigenvalue weighted by molar-refractivity contribution is 8.76. The van der Waals surface area contributed by atoms with Gasteiger partial charge in [-0.3, -0.25) is 38.4 Å². The van der Waals surface area contributed by atoms with E-state index in [1.54, 1.807) is 44.3 Å². The monoisotopic (exact) mass is 1220 g/mol. The van der Waals surface area contributed by atoms with Crippen molar-refractivity contribution >= 4 is 79.7 Å². The summed E-state index contributed by atoms with van der Waals surface area (Å²) in [4.78, 5) is 128. The summed E-state index contributed by atoms with van der Waals surface area (Å²) in [5.74, 6) is -8.58. The fourth-order valence-corrected chi connectivity index (χ4v) is 12.9. The maximum Gasteiger partial charge on any atom is 0.244 e. The number of carbonyl (C=O) groups excluding carboxylic acids is 8. The van der Waals surface area contributed by atoms with Crippen molar-refractivity contribution in [3.05, 3.63) is 198 Å². The van der Waals surface area contributed by atoms with Crippen molar-refractivity contribution < 1.29 is 38.4 Å².